The Hall–Kier alpha value is -2.81. The second kappa shape index (κ2) is 10.00. The highest BCUT2D eigenvalue weighted by Gasteiger charge is 2.36. The molecule has 2 N–H and O–H groups in total. The van der Waals surface area contributed by atoms with E-state index in [4.69, 9.17) is 39.5 Å². The van der Waals surface area contributed by atoms with Crippen LogP contribution >= 0.6 is 34.8 Å². The summed E-state index contributed by atoms with van der Waals surface area (Å²) >= 11 is 17.5. The minimum absolute atomic E-state index is 0.0798. The molecule has 3 amide bonds. The van der Waals surface area contributed by atoms with Gasteiger partial charge in [-0.05, 0) is 42.5 Å². The van der Waals surface area contributed by atoms with Crippen LogP contribution in [0.25, 0.3) is 0 Å². The normalized spacial score (nSPS) is 15.5. The monoisotopic (exact) mass is 483 g/mol. The molecule has 0 spiro atoms. The van der Waals surface area contributed by atoms with Crippen molar-refractivity contribution in [3.63, 3.8) is 0 Å². The zero-order valence-corrected chi connectivity index (χ0v) is 18.1. The van der Waals surface area contributed by atoms with Gasteiger partial charge >= 0.3 is 5.97 Å². The predicted molar refractivity (Wildman–Crippen MR) is 115 cm³/mol. The molecule has 1 fully saturated rings. The first-order valence-corrected chi connectivity index (χ1v) is 10.1. The Balaban J connectivity index is 1.49. The van der Waals surface area contributed by atoms with Crippen LogP contribution in [0.2, 0.25) is 15.1 Å². The Labute approximate surface area is 192 Å². The number of benzene rings is 2. The van der Waals surface area contributed by atoms with E-state index >= 15 is 0 Å². The third-order valence-corrected chi connectivity index (χ3v) is 5.34. The van der Waals surface area contributed by atoms with Gasteiger partial charge < -0.3 is 10.1 Å². The summed E-state index contributed by atoms with van der Waals surface area (Å²) in [5, 5.41) is 4.59. The van der Waals surface area contributed by atoms with Gasteiger partial charge in [0.2, 0.25) is 5.91 Å². The molecule has 1 heterocycles. The van der Waals surface area contributed by atoms with Crippen LogP contribution in [0.1, 0.15) is 16.8 Å². The number of hydrogen-bond acceptors (Lipinski definition) is 5. The number of amides is 3. The lowest BCUT2D eigenvalue weighted by Crippen LogP contribution is -2.43. The number of carbonyl (C=O) groups excluding carboxylic acids is 4. The molecule has 1 atom stereocenters. The maximum absolute atomic E-state index is 12.3. The smallest absolute Gasteiger partial charge is 0.311 e. The first-order valence-electron chi connectivity index (χ1n) is 9.01. The molecule has 0 unspecified atom stereocenters. The van der Waals surface area contributed by atoms with Crippen LogP contribution in [0.15, 0.2) is 42.5 Å². The number of halogens is 3. The average Bonchev–Trinajstić information content (AvgIpc) is 3.10. The molecule has 1 saturated heterocycles. The van der Waals surface area contributed by atoms with Crippen molar-refractivity contribution in [1.82, 2.24) is 10.4 Å². The van der Waals surface area contributed by atoms with E-state index in [2.05, 4.69) is 10.7 Å². The van der Waals surface area contributed by atoms with Crippen molar-refractivity contribution in [2.75, 3.05) is 18.5 Å². The number of hydrogen-bond donors (Lipinski definition) is 2. The third-order valence-electron chi connectivity index (χ3n) is 4.35. The molecule has 1 aliphatic rings. The minimum atomic E-state index is -0.815. The van der Waals surface area contributed by atoms with Gasteiger partial charge in [-0.3, -0.25) is 29.6 Å². The first kappa shape index (κ1) is 22.9. The number of anilines is 1. The molecule has 31 heavy (non-hydrogen) atoms. The summed E-state index contributed by atoms with van der Waals surface area (Å²) in [5.41, 5.74) is 3.12. The molecule has 0 saturated carbocycles. The largest absolute Gasteiger partial charge is 0.455 e. The van der Waals surface area contributed by atoms with E-state index in [9.17, 15) is 19.2 Å². The molecule has 162 valence electrons. The number of nitrogens with zero attached hydrogens (tertiary/aromatic N) is 1. The fourth-order valence-electron chi connectivity index (χ4n) is 2.78. The number of hydrazine groups is 1. The standard InChI is InChI=1S/C20H16Cl3N3O5/c21-13-2-4-14(5-3-13)24-17(27)10-31-20(30)12-8-18(28)26(9-12)25-19(29)11-1-6-15(22)16(23)7-11/h1-7,12H,8-10H2,(H,24,27)(H,25,29)/t12-/m1/s1. The molecular formula is C20H16Cl3N3O5. The summed E-state index contributed by atoms with van der Waals surface area (Å²) in [4.78, 5) is 48.6. The fraction of sp³-hybridized carbons (Fsp3) is 0.200. The average molecular weight is 485 g/mol. The number of carbonyl (C=O) groups is 4. The number of ether oxygens (including phenoxy) is 1. The van der Waals surface area contributed by atoms with Crippen LogP contribution in [0.5, 0.6) is 0 Å². The van der Waals surface area contributed by atoms with Crippen molar-refractivity contribution in [2.24, 2.45) is 5.92 Å². The van der Waals surface area contributed by atoms with Crippen molar-refractivity contribution in [1.29, 1.82) is 0 Å². The predicted octanol–water partition coefficient (Wildman–Crippen LogP) is 3.32. The number of rotatable bonds is 6. The molecular weight excluding hydrogens is 469 g/mol. The van der Waals surface area contributed by atoms with E-state index < -0.39 is 36.2 Å². The van der Waals surface area contributed by atoms with Crippen LogP contribution in [-0.2, 0) is 19.1 Å². The summed E-state index contributed by atoms with van der Waals surface area (Å²) < 4.78 is 5.00. The van der Waals surface area contributed by atoms with Crippen molar-refractivity contribution < 1.29 is 23.9 Å². The highest BCUT2D eigenvalue weighted by Crippen LogP contribution is 2.23. The lowest BCUT2D eigenvalue weighted by molar-refractivity contribution is -0.151. The number of nitrogens with one attached hydrogen (secondary N) is 2. The van der Waals surface area contributed by atoms with Gasteiger partial charge in [0, 0.05) is 22.7 Å². The van der Waals surface area contributed by atoms with Crippen LogP contribution < -0.4 is 10.7 Å². The lowest BCUT2D eigenvalue weighted by atomic mass is 10.1. The topological polar surface area (TPSA) is 105 Å². The van der Waals surface area contributed by atoms with Crippen molar-refractivity contribution >= 4 is 64.2 Å². The Morgan fingerprint density at radius 1 is 1.03 bits per heavy atom. The van der Waals surface area contributed by atoms with Crippen molar-refractivity contribution in [3.8, 4) is 0 Å². The van der Waals surface area contributed by atoms with Crippen molar-refractivity contribution in [2.45, 2.75) is 6.42 Å². The molecule has 2 aromatic rings. The molecule has 11 heteroatoms. The second-order valence-electron chi connectivity index (χ2n) is 6.64. The highest BCUT2D eigenvalue weighted by atomic mass is 35.5. The molecule has 8 nitrogen and oxygen atoms in total. The molecule has 0 radical (unpaired) electrons. The molecule has 3 rings (SSSR count). The quantitative estimate of drug-likeness (QED) is 0.612. The Morgan fingerprint density at radius 3 is 2.42 bits per heavy atom. The maximum atomic E-state index is 12.3. The van der Waals surface area contributed by atoms with Gasteiger partial charge in [-0.15, -0.1) is 0 Å². The first-order chi connectivity index (χ1) is 14.7. The minimum Gasteiger partial charge on any atom is -0.455 e. The van der Waals surface area contributed by atoms with E-state index in [1.54, 1.807) is 24.3 Å². The van der Waals surface area contributed by atoms with Gasteiger partial charge in [-0.2, -0.15) is 0 Å². The van der Waals surface area contributed by atoms with E-state index in [1.807, 2.05) is 0 Å². The molecule has 0 aliphatic carbocycles. The number of esters is 1. The SMILES string of the molecule is O=C(COC(=O)[C@@H]1CC(=O)N(NC(=O)c2ccc(Cl)c(Cl)c2)C1)Nc1ccc(Cl)cc1. The zero-order valence-electron chi connectivity index (χ0n) is 15.9. The molecule has 0 bridgehead atoms. The Morgan fingerprint density at radius 2 is 1.74 bits per heavy atom. The zero-order chi connectivity index (χ0) is 22.5. The second-order valence-corrected chi connectivity index (χ2v) is 7.89. The van der Waals surface area contributed by atoms with Gasteiger partial charge in [0.15, 0.2) is 6.61 Å². The van der Waals surface area contributed by atoms with Gasteiger partial charge in [0.1, 0.15) is 0 Å². The van der Waals surface area contributed by atoms with Gasteiger partial charge in [-0.25, -0.2) is 0 Å². The highest BCUT2D eigenvalue weighted by molar-refractivity contribution is 6.42. The van der Waals surface area contributed by atoms with Crippen LogP contribution in [0.3, 0.4) is 0 Å². The summed E-state index contributed by atoms with van der Waals surface area (Å²) in [6, 6.07) is 10.7. The van der Waals surface area contributed by atoms with Gasteiger partial charge in [0.05, 0.1) is 22.5 Å². The summed E-state index contributed by atoms with van der Waals surface area (Å²) in [7, 11) is 0. The van der Waals surface area contributed by atoms with Crippen molar-refractivity contribution in [3.05, 3.63) is 63.1 Å². The molecule has 0 aromatic heterocycles. The molecule has 1 aliphatic heterocycles. The molecule has 2 aromatic carbocycles. The van der Waals surface area contributed by atoms with Crippen LogP contribution in [-0.4, -0.2) is 41.9 Å². The summed E-state index contributed by atoms with van der Waals surface area (Å²) in [6.07, 6.45) is -0.153. The van der Waals surface area contributed by atoms with Gasteiger partial charge in [0.25, 0.3) is 11.8 Å². The third kappa shape index (κ3) is 6.10. The Bertz CT molecular complexity index is 1030. The summed E-state index contributed by atoms with van der Waals surface area (Å²) in [6.45, 7) is -0.592. The summed E-state index contributed by atoms with van der Waals surface area (Å²) in [5.74, 6) is -3.11. The van der Waals surface area contributed by atoms with Crippen LogP contribution in [0, 0.1) is 5.92 Å². The van der Waals surface area contributed by atoms with E-state index in [1.165, 1.54) is 18.2 Å². The fourth-order valence-corrected chi connectivity index (χ4v) is 3.21. The van der Waals surface area contributed by atoms with Gasteiger partial charge in [-0.1, -0.05) is 34.8 Å². The maximum Gasteiger partial charge on any atom is 0.311 e. The Kier molecular flexibility index (Phi) is 7.37. The van der Waals surface area contributed by atoms with Crippen LogP contribution in [0.4, 0.5) is 5.69 Å². The van der Waals surface area contributed by atoms with E-state index in [0.717, 1.165) is 5.01 Å². The van der Waals surface area contributed by atoms with E-state index in [0.29, 0.717) is 15.7 Å². The van der Waals surface area contributed by atoms with E-state index in [-0.39, 0.29) is 23.6 Å². The lowest BCUT2D eigenvalue weighted by Gasteiger charge is -2.17.